The highest BCUT2D eigenvalue weighted by Crippen LogP contribution is 2.20. The first-order valence-corrected chi connectivity index (χ1v) is 4.34. The summed E-state index contributed by atoms with van der Waals surface area (Å²) in [5, 5.41) is 2.94. The Morgan fingerprint density at radius 3 is 3.00 bits per heavy atom. The zero-order valence-corrected chi connectivity index (χ0v) is 8.05. The molecule has 0 unspecified atom stereocenters. The van der Waals surface area contributed by atoms with E-state index in [-0.39, 0.29) is 5.43 Å². The minimum atomic E-state index is 0.0220. The van der Waals surface area contributed by atoms with E-state index in [2.05, 4.69) is 21.0 Å². The molecule has 0 aromatic carbocycles. The van der Waals surface area contributed by atoms with E-state index in [0.29, 0.717) is 5.52 Å². The van der Waals surface area contributed by atoms with E-state index in [0.717, 1.165) is 10.0 Å². The molecule has 2 heterocycles. The predicted octanol–water partition coefficient (Wildman–Crippen LogP) is 1.70. The van der Waals surface area contributed by atoms with Crippen molar-refractivity contribution >= 4 is 21.4 Å². The number of nitrogens with zero attached hydrogens (tertiary/aromatic N) is 1. The van der Waals surface area contributed by atoms with E-state index in [9.17, 15) is 4.79 Å². The number of rotatable bonds is 0. The maximum Gasteiger partial charge on any atom is 0.206 e. The Hall–Kier alpha value is -1.03. The van der Waals surface area contributed by atoms with Crippen molar-refractivity contribution in [3.63, 3.8) is 0 Å². The molecular weight excluding hydrogens is 220 g/mol. The first-order valence-electron chi connectivity index (χ1n) is 3.55. The van der Waals surface area contributed by atoms with E-state index in [1.165, 1.54) is 6.07 Å². The van der Waals surface area contributed by atoms with Gasteiger partial charge >= 0.3 is 0 Å². The minimum Gasteiger partial charge on any atom is -0.301 e. The van der Waals surface area contributed by atoms with Crippen LogP contribution in [0.25, 0.3) is 5.52 Å². The summed E-state index contributed by atoms with van der Waals surface area (Å²) < 4.78 is 2.58. The molecule has 0 fully saturated rings. The van der Waals surface area contributed by atoms with Crippen LogP contribution in [0.2, 0.25) is 0 Å². The normalized spacial score (nSPS) is 10.8. The first kappa shape index (κ1) is 7.61. The Bertz CT molecular complexity index is 483. The minimum absolute atomic E-state index is 0.0220. The van der Waals surface area contributed by atoms with Crippen LogP contribution >= 0.6 is 15.9 Å². The SMILES string of the molecule is Cc1cn2[nH]ccc(=O)c2c1Br. The molecule has 1 N–H and O–H groups in total. The lowest BCUT2D eigenvalue weighted by Gasteiger charge is -1.91. The summed E-state index contributed by atoms with van der Waals surface area (Å²) in [4.78, 5) is 11.3. The fourth-order valence-electron chi connectivity index (χ4n) is 1.21. The second-order valence-corrected chi connectivity index (χ2v) is 3.46. The van der Waals surface area contributed by atoms with Gasteiger partial charge in [0.25, 0.3) is 0 Å². The molecule has 0 saturated heterocycles. The highest BCUT2D eigenvalue weighted by Gasteiger charge is 2.06. The zero-order chi connectivity index (χ0) is 8.72. The number of halogens is 1. The standard InChI is InChI=1S/C8H7BrN2O/c1-5-4-11-8(7(5)9)6(12)2-3-10-11/h2-4,10H,1H3. The van der Waals surface area contributed by atoms with Crippen LogP contribution in [-0.2, 0) is 0 Å². The molecule has 0 saturated carbocycles. The lowest BCUT2D eigenvalue weighted by atomic mass is 10.3. The Labute approximate surface area is 77.1 Å². The van der Waals surface area contributed by atoms with Crippen LogP contribution in [-0.4, -0.2) is 9.61 Å². The maximum absolute atomic E-state index is 11.3. The number of aryl methyl sites for hydroxylation is 1. The van der Waals surface area contributed by atoms with E-state index < -0.39 is 0 Å². The van der Waals surface area contributed by atoms with Gasteiger partial charge in [-0.05, 0) is 28.4 Å². The second-order valence-electron chi connectivity index (χ2n) is 2.67. The average Bonchev–Trinajstić information content (AvgIpc) is 2.29. The Morgan fingerprint density at radius 2 is 2.33 bits per heavy atom. The van der Waals surface area contributed by atoms with Crippen LogP contribution in [0, 0.1) is 6.92 Å². The van der Waals surface area contributed by atoms with Crippen LogP contribution in [0.1, 0.15) is 5.56 Å². The van der Waals surface area contributed by atoms with Crippen molar-refractivity contribution in [2.45, 2.75) is 6.92 Å². The topological polar surface area (TPSA) is 37.3 Å². The lowest BCUT2D eigenvalue weighted by Crippen LogP contribution is -2.04. The molecule has 0 radical (unpaired) electrons. The Morgan fingerprint density at radius 1 is 1.58 bits per heavy atom. The summed E-state index contributed by atoms with van der Waals surface area (Å²) >= 11 is 3.36. The van der Waals surface area contributed by atoms with Gasteiger partial charge in [-0.15, -0.1) is 0 Å². The van der Waals surface area contributed by atoms with Crippen LogP contribution in [0.4, 0.5) is 0 Å². The third-order valence-electron chi connectivity index (χ3n) is 1.80. The molecule has 2 rings (SSSR count). The number of hydrogen-bond donors (Lipinski definition) is 1. The van der Waals surface area contributed by atoms with Crippen LogP contribution < -0.4 is 5.43 Å². The summed E-state index contributed by atoms with van der Waals surface area (Å²) in [6.45, 7) is 1.95. The highest BCUT2D eigenvalue weighted by atomic mass is 79.9. The molecule has 0 aliphatic carbocycles. The van der Waals surface area contributed by atoms with Crippen LogP contribution in [0.3, 0.4) is 0 Å². The molecule has 2 aromatic heterocycles. The average molecular weight is 227 g/mol. The summed E-state index contributed by atoms with van der Waals surface area (Å²) in [5.74, 6) is 0. The highest BCUT2D eigenvalue weighted by molar-refractivity contribution is 9.10. The lowest BCUT2D eigenvalue weighted by molar-refractivity contribution is 0.931. The number of aromatic amines is 1. The van der Waals surface area contributed by atoms with Gasteiger partial charge in [-0.25, -0.2) is 0 Å². The largest absolute Gasteiger partial charge is 0.301 e. The fraction of sp³-hybridized carbons (Fsp3) is 0.125. The quantitative estimate of drug-likeness (QED) is 0.730. The van der Waals surface area contributed by atoms with Crippen molar-refractivity contribution in [3.05, 3.63) is 38.7 Å². The maximum atomic E-state index is 11.3. The second kappa shape index (κ2) is 2.48. The molecule has 0 spiro atoms. The van der Waals surface area contributed by atoms with Crippen molar-refractivity contribution in [1.82, 2.24) is 9.61 Å². The van der Waals surface area contributed by atoms with Gasteiger partial charge in [0.15, 0.2) is 0 Å². The Kier molecular flexibility index (Phi) is 1.58. The monoisotopic (exact) mass is 226 g/mol. The van der Waals surface area contributed by atoms with Gasteiger partial charge in [-0.2, -0.15) is 0 Å². The molecule has 0 bridgehead atoms. The van der Waals surface area contributed by atoms with Crippen molar-refractivity contribution in [3.8, 4) is 0 Å². The zero-order valence-electron chi connectivity index (χ0n) is 6.47. The van der Waals surface area contributed by atoms with Gasteiger partial charge in [0.2, 0.25) is 5.43 Å². The number of H-pyrrole nitrogens is 1. The van der Waals surface area contributed by atoms with Crippen molar-refractivity contribution in [1.29, 1.82) is 0 Å². The molecule has 2 aromatic rings. The molecule has 12 heavy (non-hydrogen) atoms. The molecule has 3 nitrogen and oxygen atoms in total. The van der Waals surface area contributed by atoms with E-state index in [1.54, 1.807) is 10.7 Å². The number of fused-ring (bicyclic) bond motifs is 1. The number of aromatic nitrogens is 2. The molecular formula is C8H7BrN2O. The molecule has 0 aliphatic rings. The van der Waals surface area contributed by atoms with E-state index in [4.69, 9.17) is 0 Å². The van der Waals surface area contributed by atoms with E-state index >= 15 is 0 Å². The molecule has 0 atom stereocenters. The summed E-state index contributed by atoms with van der Waals surface area (Å²) in [6, 6.07) is 1.51. The Balaban J connectivity index is 3.07. The van der Waals surface area contributed by atoms with Crippen molar-refractivity contribution in [2.24, 2.45) is 0 Å². The van der Waals surface area contributed by atoms with Gasteiger partial charge in [0.1, 0.15) is 5.52 Å². The van der Waals surface area contributed by atoms with Crippen LogP contribution in [0.5, 0.6) is 0 Å². The molecule has 0 amide bonds. The third-order valence-corrected chi connectivity index (χ3v) is 2.80. The van der Waals surface area contributed by atoms with Crippen molar-refractivity contribution < 1.29 is 0 Å². The van der Waals surface area contributed by atoms with E-state index in [1.807, 2.05) is 13.1 Å². The summed E-state index contributed by atoms with van der Waals surface area (Å²) in [7, 11) is 0. The van der Waals surface area contributed by atoms with Crippen LogP contribution in [0.15, 0.2) is 27.7 Å². The van der Waals surface area contributed by atoms with Gasteiger partial charge < -0.3 is 5.10 Å². The van der Waals surface area contributed by atoms with Gasteiger partial charge in [-0.3, -0.25) is 9.31 Å². The summed E-state index contributed by atoms with van der Waals surface area (Å²) in [5.41, 5.74) is 1.73. The summed E-state index contributed by atoms with van der Waals surface area (Å²) in [6.07, 6.45) is 3.50. The van der Waals surface area contributed by atoms with Crippen molar-refractivity contribution in [2.75, 3.05) is 0 Å². The number of hydrogen-bond acceptors (Lipinski definition) is 1. The molecule has 0 aliphatic heterocycles. The number of nitrogens with one attached hydrogen (secondary N) is 1. The predicted molar refractivity (Wildman–Crippen MR) is 50.5 cm³/mol. The third kappa shape index (κ3) is 0.914. The molecule has 62 valence electrons. The fourth-order valence-corrected chi connectivity index (χ4v) is 1.70. The van der Waals surface area contributed by atoms with Gasteiger partial charge in [-0.1, -0.05) is 0 Å². The van der Waals surface area contributed by atoms with Gasteiger partial charge in [0, 0.05) is 18.5 Å². The molecule has 4 heteroatoms. The smallest absolute Gasteiger partial charge is 0.206 e. The van der Waals surface area contributed by atoms with Gasteiger partial charge in [0.05, 0.1) is 4.47 Å². The first-order chi connectivity index (χ1) is 5.70.